The molecular weight excluding hydrogens is 339 g/mol. The van der Waals surface area contributed by atoms with Crippen LogP contribution in [0.4, 0.5) is 13.2 Å². The summed E-state index contributed by atoms with van der Waals surface area (Å²) in [5.41, 5.74) is -0.0153. The van der Waals surface area contributed by atoms with Crippen LogP contribution in [0, 0.1) is 12.3 Å². The first-order valence-corrected chi connectivity index (χ1v) is 8.78. The molecule has 1 aromatic heterocycles. The van der Waals surface area contributed by atoms with Gasteiger partial charge in [-0.25, -0.2) is 0 Å². The first-order valence-electron chi connectivity index (χ1n) is 7.97. The molecule has 0 amide bonds. The second kappa shape index (κ2) is 6.34. The third-order valence-corrected chi connectivity index (χ3v) is 6.53. The Kier molecular flexibility index (Phi) is 4.69. The lowest BCUT2D eigenvalue weighted by molar-refractivity contribution is -0.135. The highest BCUT2D eigenvalue weighted by Crippen LogP contribution is 2.51. The predicted molar refractivity (Wildman–Crippen MR) is 85.7 cm³/mol. The van der Waals surface area contributed by atoms with Gasteiger partial charge in [-0.1, -0.05) is 5.92 Å². The largest absolute Gasteiger partial charge is 0.425 e. The zero-order valence-corrected chi connectivity index (χ0v) is 14.3. The second-order valence-electron chi connectivity index (χ2n) is 6.44. The molecule has 0 unspecified atom stereocenters. The number of halogens is 3. The number of likely N-dealkylation sites (tertiary alicyclic amines) is 1. The molecule has 0 aromatic carbocycles. The number of hydrogen-bond donors (Lipinski definition) is 1. The van der Waals surface area contributed by atoms with Crippen molar-refractivity contribution in [3.8, 4) is 12.3 Å². The fraction of sp³-hybridized carbons (Fsp3) is 0.647. The maximum Gasteiger partial charge on any atom is 0.425 e. The summed E-state index contributed by atoms with van der Waals surface area (Å²) in [5, 5.41) is 9.51. The molecule has 0 radical (unpaired) electrons. The normalized spacial score (nSPS) is 27.9. The second-order valence-corrected chi connectivity index (χ2v) is 7.46. The van der Waals surface area contributed by atoms with Crippen LogP contribution in [-0.4, -0.2) is 35.7 Å². The molecule has 3 heterocycles. The van der Waals surface area contributed by atoms with E-state index in [2.05, 4.69) is 10.8 Å². The fourth-order valence-electron chi connectivity index (χ4n) is 3.88. The van der Waals surface area contributed by atoms with Crippen LogP contribution < -0.4 is 0 Å². The van der Waals surface area contributed by atoms with Crippen LogP contribution in [0.5, 0.6) is 0 Å². The van der Waals surface area contributed by atoms with Crippen molar-refractivity contribution in [2.75, 3.05) is 19.7 Å². The van der Waals surface area contributed by atoms with Gasteiger partial charge >= 0.3 is 6.18 Å². The summed E-state index contributed by atoms with van der Waals surface area (Å²) < 4.78 is 46.1. The molecule has 2 aliphatic heterocycles. The van der Waals surface area contributed by atoms with E-state index in [1.165, 1.54) is 0 Å². The number of terminal acetylenes is 1. The maximum atomic E-state index is 13.3. The van der Waals surface area contributed by atoms with E-state index < -0.39 is 23.3 Å². The molecule has 24 heavy (non-hydrogen) atoms. The molecule has 2 atom stereocenters. The Balaban J connectivity index is 2.01. The molecule has 1 N–H and O–H groups in total. The average Bonchev–Trinajstić information content (AvgIpc) is 2.91. The topological polar surface area (TPSA) is 32.7 Å². The van der Waals surface area contributed by atoms with E-state index in [0.717, 1.165) is 11.3 Å². The zero-order valence-electron chi connectivity index (χ0n) is 13.4. The van der Waals surface area contributed by atoms with Crippen molar-refractivity contribution in [3.05, 3.63) is 20.9 Å². The van der Waals surface area contributed by atoms with Crippen molar-refractivity contribution >= 4 is 11.3 Å². The van der Waals surface area contributed by atoms with Gasteiger partial charge in [-0.2, -0.15) is 13.2 Å². The van der Waals surface area contributed by atoms with Crippen LogP contribution in [0.1, 0.15) is 40.6 Å². The highest BCUT2D eigenvalue weighted by Gasteiger charge is 2.48. The van der Waals surface area contributed by atoms with Crippen molar-refractivity contribution in [3.63, 3.8) is 0 Å². The quantitative estimate of drug-likeness (QED) is 0.824. The van der Waals surface area contributed by atoms with Gasteiger partial charge < -0.3 is 9.84 Å². The lowest BCUT2D eigenvalue weighted by Gasteiger charge is -2.46. The van der Waals surface area contributed by atoms with Crippen molar-refractivity contribution in [2.24, 2.45) is 0 Å². The maximum absolute atomic E-state index is 13.3. The van der Waals surface area contributed by atoms with Gasteiger partial charge in [0.2, 0.25) is 0 Å². The van der Waals surface area contributed by atoms with Gasteiger partial charge in [-0.3, -0.25) is 4.90 Å². The molecule has 3 nitrogen and oxygen atoms in total. The number of ether oxygens (including phenoxy) is 1. The molecule has 0 bridgehead atoms. The lowest BCUT2D eigenvalue weighted by atomic mass is 9.81. The van der Waals surface area contributed by atoms with Gasteiger partial charge in [0.05, 0.1) is 19.8 Å². The van der Waals surface area contributed by atoms with Gasteiger partial charge in [0.15, 0.2) is 0 Å². The molecule has 3 rings (SSSR count). The van der Waals surface area contributed by atoms with Crippen molar-refractivity contribution < 1.29 is 23.0 Å². The molecule has 1 spiro atoms. The van der Waals surface area contributed by atoms with Crippen LogP contribution in [-0.2, 0) is 29.5 Å². The summed E-state index contributed by atoms with van der Waals surface area (Å²) in [4.78, 5) is 2.12. The number of aliphatic hydroxyl groups is 1. The summed E-state index contributed by atoms with van der Waals surface area (Å²) in [5.74, 6) is 2.63. The summed E-state index contributed by atoms with van der Waals surface area (Å²) in [7, 11) is 0. The number of nitrogens with zero attached hydrogens (tertiary/aromatic N) is 1. The minimum atomic E-state index is -4.45. The average molecular weight is 359 g/mol. The Morgan fingerprint density at radius 3 is 2.83 bits per heavy atom. The minimum absolute atomic E-state index is 0.0314. The van der Waals surface area contributed by atoms with Gasteiger partial charge in [-0.15, -0.1) is 17.8 Å². The number of thiophene rings is 1. The Morgan fingerprint density at radius 2 is 2.25 bits per heavy atom. The molecule has 7 heteroatoms. The van der Waals surface area contributed by atoms with E-state index in [0.29, 0.717) is 49.4 Å². The van der Waals surface area contributed by atoms with E-state index in [9.17, 15) is 18.3 Å². The van der Waals surface area contributed by atoms with Crippen LogP contribution in [0.15, 0.2) is 0 Å². The number of hydrogen-bond acceptors (Lipinski definition) is 4. The van der Waals surface area contributed by atoms with E-state index in [1.54, 1.807) is 0 Å². The van der Waals surface area contributed by atoms with E-state index >= 15 is 0 Å². The Morgan fingerprint density at radius 1 is 1.50 bits per heavy atom. The number of fused-ring (bicyclic) bond motifs is 2. The summed E-state index contributed by atoms with van der Waals surface area (Å²) in [6, 6.07) is 0.134. The minimum Gasteiger partial charge on any atom is -0.392 e. The molecule has 132 valence electrons. The Bertz CT molecular complexity index is 664. The van der Waals surface area contributed by atoms with Crippen molar-refractivity contribution in [1.82, 2.24) is 4.90 Å². The van der Waals surface area contributed by atoms with Crippen LogP contribution in [0.2, 0.25) is 0 Å². The Labute approximate surface area is 143 Å². The first-order chi connectivity index (χ1) is 11.3. The molecule has 0 aliphatic carbocycles. The van der Waals surface area contributed by atoms with Crippen LogP contribution >= 0.6 is 11.3 Å². The van der Waals surface area contributed by atoms with Crippen molar-refractivity contribution in [2.45, 2.75) is 50.6 Å². The predicted octanol–water partition coefficient (Wildman–Crippen LogP) is 3.14. The van der Waals surface area contributed by atoms with Gasteiger partial charge in [0, 0.05) is 23.0 Å². The Hall–Kier alpha value is -1.07. The third kappa shape index (κ3) is 2.86. The molecule has 0 saturated carbocycles. The standard InChI is InChI=1S/C17H20F3NO2S/c1-3-6-21-7-5-16(9-11(21)2)14-12(4-8-23-16)13(10-22)15(24-14)17(18,19)20/h1,11,22H,4-10H2,2H3/t11-,16+/m0/s1. The zero-order chi connectivity index (χ0) is 17.5. The van der Waals surface area contributed by atoms with Gasteiger partial charge in [0.1, 0.15) is 10.5 Å². The molecule has 1 saturated heterocycles. The van der Waals surface area contributed by atoms with E-state index in [4.69, 9.17) is 11.2 Å². The summed E-state index contributed by atoms with van der Waals surface area (Å²) in [6.07, 6.45) is 2.59. The van der Waals surface area contributed by atoms with Crippen LogP contribution in [0.25, 0.3) is 0 Å². The van der Waals surface area contributed by atoms with Gasteiger partial charge in [0.25, 0.3) is 0 Å². The molecule has 2 aliphatic rings. The SMILES string of the molecule is C#CCN1CC[C@]2(C[C@@H]1C)OCCc1c2sc(C(F)(F)F)c1CO. The summed E-state index contributed by atoms with van der Waals surface area (Å²) >= 11 is 0.747. The first kappa shape index (κ1) is 17.7. The highest BCUT2D eigenvalue weighted by molar-refractivity contribution is 7.12. The third-order valence-electron chi connectivity index (χ3n) is 5.02. The van der Waals surface area contributed by atoms with Gasteiger partial charge in [-0.05, 0) is 31.7 Å². The fourth-order valence-corrected chi connectivity index (χ4v) is 5.29. The molecule has 1 aromatic rings. The van der Waals surface area contributed by atoms with Crippen molar-refractivity contribution in [1.29, 1.82) is 0 Å². The number of piperidine rings is 1. The van der Waals surface area contributed by atoms with E-state index in [-0.39, 0.29) is 11.6 Å². The smallest absolute Gasteiger partial charge is 0.392 e. The summed E-state index contributed by atoms with van der Waals surface area (Å²) in [6.45, 7) is 3.05. The van der Waals surface area contributed by atoms with E-state index in [1.807, 2.05) is 6.92 Å². The van der Waals surface area contributed by atoms with Crippen LogP contribution in [0.3, 0.4) is 0 Å². The highest BCUT2D eigenvalue weighted by atomic mass is 32.1. The molecule has 1 fully saturated rings. The number of rotatable bonds is 2. The molecular formula is C17H20F3NO2S. The number of alkyl halides is 3. The lowest BCUT2D eigenvalue weighted by Crippen LogP contribution is -2.50. The monoisotopic (exact) mass is 359 g/mol. The number of aliphatic hydroxyl groups excluding tert-OH is 1.